The Morgan fingerprint density at radius 2 is 1.73 bits per heavy atom. The van der Waals surface area contributed by atoms with Gasteiger partial charge in [0.15, 0.2) is 28.6 Å². The molecule has 2 unspecified atom stereocenters. The first-order chi connectivity index (χ1) is 30.3. The van der Waals surface area contributed by atoms with E-state index in [4.69, 9.17) is 14.2 Å². The van der Waals surface area contributed by atoms with Crippen LogP contribution in [0, 0.1) is 48.2 Å². The van der Waals surface area contributed by atoms with E-state index in [1.807, 2.05) is 29.4 Å². The van der Waals surface area contributed by atoms with E-state index in [9.17, 15) is 24.3 Å². The smallest absolute Gasteiger partial charge is 0.344 e. The number of nitrogens with one attached hydrogen (secondary N) is 1. The van der Waals surface area contributed by atoms with Gasteiger partial charge >= 0.3 is 11.9 Å². The van der Waals surface area contributed by atoms with Gasteiger partial charge < -0.3 is 34.1 Å². The molecular formula is C51H60FN3O9. The molecule has 64 heavy (non-hydrogen) atoms. The number of piperazine rings is 1. The highest BCUT2D eigenvalue weighted by molar-refractivity contribution is 6.04. The molecule has 1 saturated heterocycles. The first-order valence-electron chi connectivity index (χ1n) is 22.9. The lowest BCUT2D eigenvalue weighted by Crippen LogP contribution is -2.65. The second kappa shape index (κ2) is 15.5. The van der Waals surface area contributed by atoms with Crippen molar-refractivity contribution in [1.29, 1.82) is 0 Å². The lowest BCUT2D eigenvalue weighted by atomic mass is 9.46. The summed E-state index contributed by atoms with van der Waals surface area (Å²) in [6.07, 6.45) is 7.84. The van der Waals surface area contributed by atoms with Crippen LogP contribution in [0.4, 0.5) is 10.1 Å². The average Bonchev–Trinajstić information content (AvgIpc) is 4.04. The van der Waals surface area contributed by atoms with Crippen LogP contribution in [0.2, 0.25) is 0 Å². The number of aliphatic hydroxyl groups excluding tert-OH is 1. The summed E-state index contributed by atoms with van der Waals surface area (Å²) >= 11 is 0. The molecule has 4 saturated carbocycles. The molecule has 5 aliphatic carbocycles. The van der Waals surface area contributed by atoms with Crippen molar-refractivity contribution < 1.29 is 42.9 Å². The van der Waals surface area contributed by atoms with Gasteiger partial charge in [0.2, 0.25) is 11.2 Å². The predicted molar refractivity (Wildman–Crippen MR) is 239 cm³/mol. The van der Waals surface area contributed by atoms with Gasteiger partial charge in [0.1, 0.15) is 11.3 Å². The number of anilines is 1. The summed E-state index contributed by atoms with van der Waals surface area (Å²) in [5, 5.41) is 15.7. The number of carbonyl (C=O) groups is 4. The summed E-state index contributed by atoms with van der Waals surface area (Å²) in [6, 6.07) is 8.40. The number of hydrogen-bond donors (Lipinski definition) is 2. The standard InChI is InChI=1S/C51H60FN3O9/c1-27-26-54(23-22-53-27)42-40(52)28(2)37-41(44(42)62-8)55(32-15-16-32)29(3)38(43(37)58)46(60)63-48(4,5)47(61)51(64-45(59)30-12-10-9-11-13-30)21-19-35-34-17-14-31-24-33(56)18-20-49(31,6)39(34)36(57)25-50(35,51)7/h9-13,18,20,24,27,32,34-36,39,53,57H,14-17,19,21-23,25-26H2,1-8H3/t27?,34-,35-,36-,39?,49-,50-,51-/m0/s1. The number of benzene rings is 2. The number of aryl methyl sites for hydroxylation is 1. The van der Waals surface area contributed by atoms with Crippen molar-refractivity contribution in [2.24, 2.45) is 28.6 Å². The van der Waals surface area contributed by atoms with Crippen LogP contribution in [0.5, 0.6) is 5.75 Å². The van der Waals surface area contributed by atoms with Gasteiger partial charge in [0.05, 0.1) is 29.7 Å². The van der Waals surface area contributed by atoms with E-state index in [-0.39, 0.29) is 82.0 Å². The Labute approximate surface area is 373 Å². The molecular weight excluding hydrogens is 818 g/mol. The normalized spacial score (nSPS) is 31.2. The molecule has 340 valence electrons. The number of nitrogens with zero attached hydrogens (tertiary/aromatic N) is 2. The van der Waals surface area contributed by atoms with Crippen LogP contribution in [0.3, 0.4) is 0 Å². The van der Waals surface area contributed by atoms with Gasteiger partial charge in [-0.1, -0.05) is 43.7 Å². The fourth-order valence-corrected chi connectivity index (χ4v) is 13.0. The fraction of sp³-hybridized carbons (Fsp3) is 0.549. The van der Waals surface area contributed by atoms with E-state index in [1.54, 1.807) is 56.3 Å². The number of rotatable bonds is 9. The van der Waals surface area contributed by atoms with Crippen molar-refractivity contribution in [1.82, 2.24) is 9.88 Å². The number of pyridine rings is 1. The largest absolute Gasteiger partial charge is 0.492 e. The average molecular weight is 878 g/mol. The van der Waals surface area contributed by atoms with Crippen LogP contribution >= 0.6 is 0 Å². The van der Waals surface area contributed by atoms with Crippen LogP contribution in [-0.2, 0) is 19.1 Å². The van der Waals surface area contributed by atoms with Gasteiger partial charge in [-0.3, -0.25) is 14.4 Å². The van der Waals surface area contributed by atoms with Crippen molar-refractivity contribution in [3.63, 3.8) is 0 Å². The minimum Gasteiger partial charge on any atom is -0.492 e. The summed E-state index contributed by atoms with van der Waals surface area (Å²) in [6.45, 7) is 13.8. The van der Waals surface area contributed by atoms with Crippen molar-refractivity contribution in [3.8, 4) is 5.75 Å². The number of hydrogen-bond acceptors (Lipinski definition) is 11. The van der Waals surface area contributed by atoms with Crippen molar-refractivity contribution >= 4 is 40.1 Å². The quantitative estimate of drug-likeness (QED) is 0.209. The number of allylic oxidation sites excluding steroid dienone is 4. The molecule has 12 nitrogen and oxygen atoms in total. The molecule has 2 N–H and O–H groups in total. The zero-order chi connectivity index (χ0) is 45.8. The van der Waals surface area contributed by atoms with Gasteiger partial charge in [-0.15, -0.1) is 0 Å². The molecule has 1 aromatic heterocycles. The lowest BCUT2D eigenvalue weighted by Gasteiger charge is -2.60. The van der Waals surface area contributed by atoms with E-state index >= 15 is 9.18 Å². The van der Waals surface area contributed by atoms with Gasteiger partial charge in [-0.05, 0) is 116 Å². The van der Waals surface area contributed by atoms with E-state index in [0.29, 0.717) is 50.1 Å². The molecule has 8 atom stereocenters. The Morgan fingerprint density at radius 3 is 2.41 bits per heavy atom. The number of aliphatic hydroxyl groups is 1. The minimum atomic E-state index is -1.96. The third-order valence-corrected chi connectivity index (χ3v) is 16.2. The Balaban J connectivity index is 1.12. The van der Waals surface area contributed by atoms with Crippen LogP contribution in [-0.4, -0.2) is 83.3 Å². The summed E-state index contributed by atoms with van der Waals surface area (Å²) in [5.74, 6) is -3.38. The number of esters is 2. The molecule has 5 fully saturated rings. The number of aromatic nitrogens is 1. The van der Waals surface area contributed by atoms with Gasteiger partial charge in [0, 0.05) is 59.7 Å². The number of ether oxygens (including phenoxy) is 3. The predicted octanol–water partition coefficient (Wildman–Crippen LogP) is 7.28. The fourth-order valence-electron chi connectivity index (χ4n) is 13.0. The highest BCUT2D eigenvalue weighted by atomic mass is 19.1. The van der Waals surface area contributed by atoms with Gasteiger partial charge in [0.25, 0.3) is 0 Å². The molecule has 0 amide bonds. The van der Waals surface area contributed by atoms with Gasteiger partial charge in [-0.2, -0.15) is 0 Å². The maximum absolute atomic E-state index is 16.8. The number of halogens is 1. The highest BCUT2D eigenvalue weighted by Gasteiger charge is 2.72. The Kier molecular flexibility index (Phi) is 10.7. The second-order valence-corrected chi connectivity index (χ2v) is 20.3. The Morgan fingerprint density at radius 1 is 1.02 bits per heavy atom. The topological polar surface area (TPSA) is 153 Å². The molecule has 0 spiro atoms. The molecule has 2 heterocycles. The molecule has 9 rings (SSSR count). The third-order valence-electron chi connectivity index (χ3n) is 16.2. The van der Waals surface area contributed by atoms with E-state index in [2.05, 4.69) is 12.2 Å². The zero-order valence-corrected chi connectivity index (χ0v) is 38.1. The first kappa shape index (κ1) is 44.1. The summed E-state index contributed by atoms with van der Waals surface area (Å²) in [4.78, 5) is 73.9. The van der Waals surface area contributed by atoms with Crippen molar-refractivity contribution in [2.75, 3.05) is 31.6 Å². The van der Waals surface area contributed by atoms with Crippen LogP contribution in [0.1, 0.15) is 118 Å². The molecule has 0 bridgehead atoms. The Bertz CT molecular complexity index is 2610. The molecule has 3 aromatic rings. The van der Waals surface area contributed by atoms with Crippen LogP contribution in [0.15, 0.2) is 58.9 Å². The molecule has 1 aliphatic heterocycles. The van der Waals surface area contributed by atoms with Crippen LogP contribution in [0.25, 0.3) is 10.9 Å². The summed E-state index contributed by atoms with van der Waals surface area (Å²) in [5.41, 5.74) is -4.21. The minimum absolute atomic E-state index is 0.0105. The van der Waals surface area contributed by atoms with Crippen LogP contribution < -0.4 is 20.4 Å². The maximum Gasteiger partial charge on any atom is 0.344 e. The number of carbonyl (C=O) groups excluding carboxylic acids is 4. The van der Waals surface area contributed by atoms with Crippen molar-refractivity contribution in [2.45, 2.75) is 123 Å². The van der Waals surface area contributed by atoms with Crippen molar-refractivity contribution in [3.05, 3.63) is 92.6 Å². The molecule has 6 aliphatic rings. The maximum atomic E-state index is 16.8. The summed E-state index contributed by atoms with van der Waals surface area (Å²) in [7, 11) is 1.46. The van der Waals surface area contributed by atoms with Gasteiger partial charge in [-0.25, -0.2) is 14.0 Å². The third kappa shape index (κ3) is 6.53. The number of methoxy groups -OCH3 is 1. The first-order valence-corrected chi connectivity index (χ1v) is 22.9. The highest BCUT2D eigenvalue weighted by Crippen LogP contribution is 2.68. The second-order valence-electron chi connectivity index (χ2n) is 20.3. The zero-order valence-electron chi connectivity index (χ0n) is 38.1. The number of Topliss-reactive ketones (excluding diaryl/α,β-unsaturated/α-hetero) is 1. The molecule has 13 heteroatoms. The SMILES string of the molecule is COc1c(N2CCNC(C)C2)c(F)c(C)c2c(=O)c(C(=O)OC(C)(C)C(=O)[C@@]3(OC(=O)c4ccccc4)CC[C@H]4[C@@H]5CCC6=CC(=O)C=C[C@]6(C)C5[C@@H](O)C[C@@]43C)c(C)n(C3CC3)c12. The van der Waals surface area contributed by atoms with E-state index in [1.165, 1.54) is 21.0 Å². The Hall–Kier alpha value is -5.14. The molecule has 0 radical (unpaired) electrons. The monoisotopic (exact) mass is 877 g/mol. The number of fused-ring (bicyclic) bond motifs is 6. The number of ketones is 2. The van der Waals surface area contributed by atoms with E-state index in [0.717, 1.165) is 18.4 Å². The molecule has 2 aromatic carbocycles. The van der Waals surface area contributed by atoms with E-state index < -0.39 is 57.1 Å². The summed E-state index contributed by atoms with van der Waals surface area (Å²) < 4.78 is 37.5. The lowest BCUT2D eigenvalue weighted by molar-refractivity contribution is -0.188.